The Hall–Kier alpha value is -1.63. The van der Waals surface area contributed by atoms with E-state index in [1.165, 1.54) is 49.9 Å². The third-order valence-corrected chi connectivity index (χ3v) is 5.15. The molecule has 0 bridgehead atoms. The first kappa shape index (κ1) is 23.6. The number of methoxy groups -OCH3 is 1. The number of nitrogens with one attached hydrogen (secondary N) is 2. The summed E-state index contributed by atoms with van der Waals surface area (Å²) < 4.78 is 10.5. The van der Waals surface area contributed by atoms with Crippen molar-refractivity contribution < 1.29 is 9.47 Å². The molecule has 2 N–H and O–H groups in total. The zero-order valence-electron chi connectivity index (χ0n) is 18.4. The van der Waals surface area contributed by atoms with E-state index in [1.807, 2.05) is 0 Å². The van der Waals surface area contributed by atoms with Crippen LogP contribution < -0.4 is 10.6 Å². The van der Waals surface area contributed by atoms with Crippen LogP contribution in [0.4, 0.5) is 0 Å². The minimum Gasteiger partial charge on any atom is -0.382 e. The molecule has 1 aliphatic rings. The average molecular weight is 405 g/mol. The van der Waals surface area contributed by atoms with E-state index in [9.17, 15) is 0 Å². The minimum atomic E-state index is 0.647. The molecule has 1 aliphatic heterocycles. The molecule has 1 saturated heterocycles. The Bertz CT molecular complexity index is 572. The lowest BCUT2D eigenvalue weighted by atomic mass is 10.1. The van der Waals surface area contributed by atoms with Crippen LogP contribution in [0.5, 0.6) is 0 Å². The predicted octanol–water partition coefficient (Wildman–Crippen LogP) is 3.17. The molecule has 1 fully saturated rings. The summed E-state index contributed by atoms with van der Waals surface area (Å²) in [6.45, 7) is 9.99. The highest BCUT2D eigenvalue weighted by atomic mass is 16.5. The number of rotatable bonds is 12. The van der Waals surface area contributed by atoms with Gasteiger partial charge in [-0.25, -0.2) is 4.99 Å². The van der Waals surface area contributed by atoms with Gasteiger partial charge in [-0.2, -0.15) is 0 Å². The first-order valence-corrected chi connectivity index (χ1v) is 11.2. The third kappa shape index (κ3) is 10.1. The Kier molecular flexibility index (Phi) is 12.4. The summed E-state index contributed by atoms with van der Waals surface area (Å²) in [5, 5.41) is 6.75. The van der Waals surface area contributed by atoms with E-state index in [1.54, 1.807) is 7.11 Å². The molecule has 1 aromatic rings. The van der Waals surface area contributed by atoms with Gasteiger partial charge in [0.05, 0.1) is 19.8 Å². The van der Waals surface area contributed by atoms with E-state index in [2.05, 4.69) is 46.7 Å². The van der Waals surface area contributed by atoms with Crippen LogP contribution in [0.25, 0.3) is 0 Å². The second-order valence-corrected chi connectivity index (χ2v) is 7.54. The van der Waals surface area contributed by atoms with Crippen LogP contribution in [0.3, 0.4) is 0 Å². The molecule has 0 atom stereocenters. The van der Waals surface area contributed by atoms with Crippen LogP contribution >= 0.6 is 0 Å². The number of benzene rings is 1. The summed E-state index contributed by atoms with van der Waals surface area (Å²) in [5.41, 5.74) is 2.72. The normalized spacial score (nSPS) is 15.9. The van der Waals surface area contributed by atoms with Crippen LogP contribution in [0, 0.1) is 0 Å². The van der Waals surface area contributed by atoms with Gasteiger partial charge >= 0.3 is 0 Å². The van der Waals surface area contributed by atoms with Crippen LogP contribution in [0.2, 0.25) is 0 Å². The van der Waals surface area contributed by atoms with Crippen molar-refractivity contribution in [2.24, 2.45) is 4.99 Å². The van der Waals surface area contributed by atoms with E-state index in [4.69, 9.17) is 14.5 Å². The molecule has 0 aliphatic carbocycles. The molecule has 2 rings (SSSR count). The van der Waals surface area contributed by atoms with Crippen molar-refractivity contribution in [3.63, 3.8) is 0 Å². The lowest BCUT2D eigenvalue weighted by Crippen LogP contribution is -2.38. The van der Waals surface area contributed by atoms with Gasteiger partial charge in [-0.15, -0.1) is 0 Å². The van der Waals surface area contributed by atoms with Gasteiger partial charge in [-0.3, -0.25) is 4.90 Å². The molecule has 29 heavy (non-hydrogen) atoms. The van der Waals surface area contributed by atoms with E-state index in [0.717, 1.165) is 38.6 Å². The van der Waals surface area contributed by atoms with Crippen LogP contribution in [0.15, 0.2) is 29.3 Å². The standard InChI is InChI=1S/C23H40N4O2/c1-3-24-23(25-13-10-16-29-18-17-28-2)26-19-21-11-6-7-12-22(21)20-27-14-8-4-5-9-15-27/h6-7,11-12H,3-5,8-10,13-20H2,1-2H3,(H2,24,25,26). The molecule has 164 valence electrons. The summed E-state index contributed by atoms with van der Waals surface area (Å²) in [6.07, 6.45) is 6.34. The monoisotopic (exact) mass is 404 g/mol. The van der Waals surface area contributed by atoms with Gasteiger partial charge in [-0.05, 0) is 50.4 Å². The largest absolute Gasteiger partial charge is 0.382 e. The second kappa shape index (κ2) is 15.2. The topological polar surface area (TPSA) is 58.1 Å². The minimum absolute atomic E-state index is 0.647. The number of likely N-dealkylation sites (tertiary alicyclic amines) is 1. The number of guanidine groups is 1. The van der Waals surface area contributed by atoms with E-state index < -0.39 is 0 Å². The lowest BCUT2D eigenvalue weighted by molar-refractivity contribution is 0.0698. The van der Waals surface area contributed by atoms with Crippen LogP contribution in [-0.4, -0.2) is 64.0 Å². The molecule has 1 aromatic carbocycles. The number of ether oxygens (including phenoxy) is 2. The molecule has 0 spiro atoms. The van der Waals surface area contributed by atoms with Crippen LogP contribution in [0.1, 0.15) is 50.2 Å². The lowest BCUT2D eigenvalue weighted by Gasteiger charge is -2.21. The fraction of sp³-hybridized carbons (Fsp3) is 0.696. The summed E-state index contributed by atoms with van der Waals surface area (Å²) >= 11 is 0. The number of hydrogen-bond donors (Lipinski definition) is 2. The van der Waals surface area contributed by atoms with Crippen LogP contribution in [-0.2, 0) is 22.6 Å². The molecule has 0 radical (unpaired) electrons. The van der Waals surface area contributed by atoms with Gasteiger partial charge in [0.1, 0.15) is 0 Å². The highest BCUT2D eigenvalue weighted by Gasteiger charge is 2.11. The Balaban J connectivity index is 1.84. The van der Waals surface area contributed by atoms with Gasteiger partial charge in [0.2, 0.25) is 0 Å². The highest BCUT2D eigenvalue weighted by molar-refractivity contribution is 5.79. The quantitative estimate of drug-likeness (QED) is 0.318. The number of aliphatic imine (C=N–C) groups is 1. The maximum atomic E-state index is 5.51. The summed E-state index contributed by atoms with van der Waals surface area (Å²) in [7, 11) is 1.69. The van der Waals surface area contributed by atoms with E-state index in [-0.39, 0.29) is 0 Å². The fourth-order valence-electron chi connectivity index (χ4n) is 3.53. The summed E-state index contributed by atoms with van der Waals surface area (Å²) in [4.78, 5) is 7.42. The zero-order chi connectivity index (χ0) is 20.6. The average Bonchev–Trinajstić information content (AvgIpc) is 3.01. The molecule has 0 unspecified atom stereocenters. The van der Waals surface area contributed by atoms with Crippen molar-refractivity contribution in [3.05, 3.63) is 35.4 Å². The number of nitrogens with zero attached hydrogens (tertiary/aromatic N) is 2. The fourth-order valence-corrected chi connectivity index (χ4v) is 3.53. The Labute approximate surface area is 177 Å². The van der Waals surface area contributed by atoms with Gasteiger partial charge in [-0.1, -0.05) is 37.1 Å². The van der Waals surface area contributed by atoms with E-state index >= 15 is 0 Å². The van der Waals surface area contributed by atoms with Crippen molar-refractivity contribution in [1.82, 2.24) is 15.5 Å². The van der Waals surface area contributed by atoms with Crippen molar-refractivity contribution >= 4 is 5.96 Å². The van der Waals surface area contributed by atoms with Crippen molar-refractivity contribution in [3.8, 4) is 0 Å². The number of hydrogen-bond acceptors (Lipinski definition) is 4. The molecule has 6 heteroatoms. The highest BCUT2D eigenvalue weighted by Crippen LogP contribution is 2.16. The maximum absolute atomic E-state index is 5.51. The molecule has 6 nitrogen and oxygen atoms in total. The first-order valence-electron chi connectivity index (χ1n) is 11.2. The molecule has 0 saturated carbocycles. The van der Waals surface area contributed by atoms with Gasteiger partial charge in [0.15, 0.2) is 5.96 Å². The first-order chi connectivity index (χ1) is 14.3. The zero-order valence-corrected chi connectivity index (χ0v) is 18.4. The summed E-state index contributed by atoms with van der Waals surface area (Å²) in [6, 6.07) is 8.74. The van der Waals surface area contributed by atoms with Crippen molar-refractivity contribution in [1.29, 1.82) is 0 Å². The smallest absolute Gasteiger partial charge is 0.191 e. The van der Waals surface area contributed by atoms with Gasteiger partial charge in [0, 0.05) is 33.4 Å². The predicted molar refractivity (Wildman–Crippen MR) is 120 cm³/mol. The van der Waals surface area contributed by atoms with Gasteiger partial charge < -0.3 is 20.1 Å². The molecule has 1 heterocycles. The Morgan fingerprint density at radius 1 is 1.00 bits per heavy atom. The molecule has 0 amide bonds. The molecule has 0 aromatic heterocycles. The second-order valence-electron chi connectivity index (χ2n) is 7.54. The summed E-state index contributed by atoms with van der Waals surface area (Å²) in [5.74, 6) is 0.869. The van der Waals surface area contributed by atoms with Crippen molar-refractivity contribution in [2.45, 2.75) is 52.1 Å². The van der Waals surface area contributed by atoms with E-state index in [0.29, 0.717) is 19.8 Å². The van der Waals surface area contributed by atoms with Crippen molar-refractivity contribution in [2.75, 3.05) is 53.1 Å². The molecular weight excluding hydrogens is 364 g/mol. The SMILES string of the molecule is CCNC(=NCc1ccccc1CN1CCCCCC1)NCCCOCCOC. The third-order valence-electron chi connectivity index (χ3n) is 5.15. The van der Waals surface area contributed by atoms with Gasteiger partial charge in [0.25, 0.3) is 0 Å². The maximum Gasteiger partial charge on any atom is 0.191 e. The Morgan fingerprint density at radius 2 is 1.76 bits per heavy atom. The molecular formula is C23H40N4O2. The Morgan fingerprint density at radius 3 is 2.48 bits per heavy atom.